The van der Waals surface area contributed by atoms with E-state index in [0.717, 1.165) is 28.6 Å². The minimum absolute atomic E-state index is 0.303. The van der Waals surface area contributed by atoms with Gasteiger partial charge in [0, 0.05) is 11.5 Å². The smallest absolute Gasteiger partial charge is 0.335 e. The molecule has 0 saturated heterocycles. The summed E-state index contributed by atoms with van der Waals surface area (Å²) in [6.07, 6.45) is 8.65. The molecule has 0 rings (SSSR count). The number of carbonyl (C=O) groups is 1. The van der Waals surface area contributed by atoms with Gasteiger partial charge in [-0.15, -0.1) is 0 Å². The zero-order valence-corrected chi connectivity index (χ0v) is 16.6. The fraction of sp³-hybridized carbons (Fsp3) is 0.500. The maximum Gasteiger partial charge on any atom is 0.335 e. The van der Waals surface area contributed by atoms with E-state index in [1.165, 1.54) is 12.7 Å². The normalized spacial score (nSPS) is 14.5. The van der Waals surface area contributed by atoms with Gasteiger partial charge in [0.05, 0.1) is 18.4 Å². The molecule has 0 bridgehead atoms. The lowest BCUT2D eigenvalue weighted by Gasteiger charge is -2.15. The van der Waals surface area contributed by atoms with Crippen LogP contribution >= 0.6 is 15.9 Å². The lowest BCUT2D eigenvalue weighted by Crippen LogP contribution is -2.30. The van der Waals surface area contributed by atoms with Crippen LogP contribution in [-0.4, -0.2) is 20.1 Å². The molecule has 0 aliphatic heterocycles. The molecule has 0 amide bonds. The monoisotopic (exact) mass is 384 g/mol. The Kier molecular flexibility index (Phi) is 11.4. The Labute approximate surface area is 148 Å². The van der Waals surface area contributed by atoms with Crippen molar-refractivity contribution in [2.45, 2.75) is 47.0 Å². The van der Waals surface area contributed by atoms with E-state index in [-0.39, 0.29) is 5.97 Å². The van der Waals surface area contributed by atoms with Crippen LogP contribution in [0.5, 0.6) is 0 Å². The lowest BCUT2D eigenvalue weighted by molar-refractivity contribution is -0.136. The van der Waals surface area contributed by atoms with E-state index in [1.54, 1.807) is 7.05 Å². The van der Waals surface area contributed by atoms with Crippen LogP contribution in [0.15, 0.2) is 45.1 Å². The Bertz CT molecular complexity index is 517. The number of hydrazine groups is 1. The van der Waals surface area contributed by atoms with Gasteiger partial charge < -0.3 is 10.2 Å². The van der Waals surface area contributed by atoms with Crippen LogP contribution < -0.4 is 10.9 Å². The van der Waals surface area contributed by atoms with Crippen LogP contribution in [0.2, 0.25) is 0 Å². The average Bonchev–Trinajstić information content (AvgIpc) is 2.54. The minimum Gasteiger partial charge on any atom is -0.466 e. The molecule has 0 aliphatic carbocycles. The Hall–Kier alpha value is -1.33. The van der Waals surface area contributed by atoms with Gasteiger partial charge in [-0.2, -0.15) is 0 Å². The van der Waals surface area contributed by atoms with Crippen LogP contribution in [0.25, 0.3) is 0 Å². The Morgan fingerprint density at radius 2 is 1.83 bits per heavy atom. The van der Waals surface area contributed by atoms with Crippen molar-refractivity contribution >= 4 is 21.9 Å². The second-order valence-corrected chi connectivity index (χ2v) is 5.98. The summed E-state index contributed by atoms with van der Waals surface area (Å²) in [5, 5.41) is 0. The molecule has 0 aromatic carbocycles. The second kappa shape index (κ2) is 12.1. The van der Waals surface area contributed by atoms with Gasteiger partial charge >= 0.3 is 5.97 Å². The standard InChI is InChI=1S/C18H29BrN2O2/c1-7-9-13(3)16(19)12-11-14(4)17(21-20-5)15(10-8-2)18(22)23-6/h9,11-12,20-21H,7-8,10H2,1-6H3/b13-9+,14-11+,16-12+,17-15+. The van der Waals surface area contributed by atoms with E-state index in [1.807, 2.05) is 26.0 Å². The molecule has 23 heavy (non-hydrogen) atoms. The molecule has 0 heterocycles. The molecule has 4 nitrogen and oxygen atoms in total. The number of hydrogen-bond acceptors (Lipinski definition) is 4. The van der Waals surface area contributed by atoms with E-state index in [0.29, 0.717) is 12.0 Å². The number of methoxy groups -OCH3 is 1. The number of carbonyl (C=O) groups excluding carboxylic acids is 1. The summed E-state index contributed by atoms with van der Waals surface area (Å²) in [5.41, 5.74) is 9.50. The van der Waals surface area contributed by atoms with E-state index in [9.17, 15) is 4.79 Å². The molecule has 5 heteroatoms. The molecule has 0 spiro atoms. The topological polar surface area (TPSA) is 50.4 Å². The molecule has 0 saturated carbocycles. The van der Waals surface area contributed by atoms with Gasteiger partial charge in [0.25, 0.3) is 0 Å². The Morgan fingerprint density at radius 1 is 1.17 bits per heavy atom. The number of allylic oxidation sites excluding steroid dienone is 6. The molecular weight excluding hydrogens is 356 g/mol. The van der Waals surface area contributed by atoms with Crippen molar-refractivity contribution in [3.63, 3.8) is 0 Å². The highest BCUT2D eigenvalue weighted by Crippen LogP contribution is 2.21. The fourth-order valence-electron chi connectivity index (χ4n) is 2.06. The summed E-state index contributed by atoms with van der Waals surface area (Å²) in [4.78, 5) is 12.0. The minimum atomic E-state index is -0.303. The van der Waals surface area contributed by atoms with E-state index in [2.05, 4.69) is 46.7 Å². The number of ether oxygens (including phenoxy) is 1. The maximum atomic E-state index is 12.0. The Balaban J connectivity index is 5.74. The molecule has 0 unspecified atom stereocenters. The highest BCUT2D eigenvalue weighted by Gasteiger charge is 2.16. The van der Waals surface area contributed by atoms with Crippen LogP contribution in [0.4, 0.5) is 0 Å². The molecule has 0 aromatic rings. The highest BCUT2D eigenvalue weighted by molar-refractivity contribution is 9.12. The number of rotatable bonds is 9. The molecule has 2 N–H and O–H groups in total. The van der Waals surface area contributed by atoms with E-state index in [4.69, 9.17) is 4.74 Å². The first-order chi connectivity index (χ1) is 10.9. The lowest BCUT2D eigenvalue weighted by atomic mass is 10.0. The summed E-state index contributed by atoms with van der Waals surface area (Å²) in [6.45, 7) is 8.17. The highest BCUT2D eigenvalue weighted by atomic mass is 79.9. The van der Waals surface area contributed by atoms with Gasteiger partial charge in [-0.05, 0) is 43.9 Å². The summed E-state index contributed by atoms with van der Waals surface area (Å²) in [5.74, 6) is -0.303. The summed E-state index contributed by atoms with van der Waals surface area (Å²) >= 11 is 3.58. The quantitative estimate of drug-likeness (QED) is 0.265. The first-order valence-electron chi connectivity index (χ1n) is 7.88. The van der Waals surface area contributed by atoms with Crippen molar-refractivity contribution in [3.05, 3.63) is 45.1 Å². The van der Waals surface area contributed by atoms with Crippen molar-refractivity contribution in [2.24, 2.45) is 0 Å². The molecule has 0 aromatic heterocycles. The molecule has 0 fully saturated rings. The van der Waals surface area contributed by atoms with Crippen molar-refractivity contribution in [1.29, 1.82) is 0 Å². The van der Waals surface area contributed by atoms with E-state index < -0.39 is 0 Å². The van der Waals surface area contributed by atoms with Gasteiger partial charge in [-0.1, -0.05) is 48.4 Å². The average molecular weight is 385 g/mol. The fourth-order valence-corrected chi connectivity index (χ4v) is 2.35. The van der Waals surface area contributed by atoms with Crippen LogP contribution in [-0.2, 0) is 9.53 Å². The molecule has 0 radical (unpaired) electrons. The van der Waals surface area contributed by atoms with Crippen molar-refractivity contribution in [2.75, 3.05) is 14.2 Å². The summed E-state index contributed by atoms with van der Waals surface area (Å²) < 4.78 is 5.94. The van der Waals surface area contributed by atoms with Crippen molar-refractivity contribution in [3.8, 4) is 0 Å². The van der Waals surface area contributed by atoms with Crippen molar-refractivity contribution in [1.82, 2.24) is 10.9 Å². The molecular formula is C18H29BrN2O2. The van der Waals surface area contributed by atoms with Crippen LogP contribution in [0, 0.1) is 0 Å². The van der Waals surface area contributed by atoms with Gasteiger partial charge in [-0.25, -0.2) is 10.2 Å². The Morgan fingerprint density at radius 3 is 2.30 bits per heavy atom. The van der Waals surface area contributed by atoms with Crippen molar-refractivity contribution < 1.29 is 9.53 Å². The first kappa shape index (κ1) is 21.7. The van der Waals surface area contributed by atoms with Gasteiger partial charge in [-0.3, -0.25) is 0 Å². The predicted molar refractivity (Wildman–Crippen MR) is 101 cm³/mol. The molecule has 130 valence electrons. The predicted octanol–water partition coefficient (Wildman–Crippen LogP) is 4.52. The zero-order valence-electron chi connectivity index (χ0n) is 15.0. The maximum absolute atomic E-state index is 12.0. The third kappa shape index (κ3) is 7.66. The largest absolute Gasteiger partial charge is 0.466 e. The molecule has 0 atom stereocenters. The first-order valence-corrected chi connectivity index (χ1v) is 8.67. The number of halogens is 1. The third-order valence-corrected chi connectivity index (χ3v) is 4.13. The molecule has 0 aliphatic rings. The second-order valence-electron chi connectivity index (χ2n) is 5.13. The third-order valence-electron chi connectivity index (χ3n) is 3.24. The van der Waals surface area contributed by atoms with Gasteiger partial charge in [0.2, 0.25) is 0 Å². The number of hydrogen-bond donors (Lipinski definition) is 2. The van der Waals surface area contributed by atoms with Crippen LogP contribution in [0.3, 0.4) is 0 Å². The summed E-state index contributed by atoms with van der Waals surface area (Å²) in [7, 11) is 3.18. The number of esters is 1. The SMILES string of the molecule is CC/C=C(C)/C(Br)=C\C=C(C)\C(NNC)=C(\CCC)C(=O)OC. The van der Waals surface area contributed by atoms with Crippen LogP contribution in [0.1, 0.15) is 47.0 Å². The van der Waals surface area contributed by atoms with Gasteiger partial charge in [0.15, 0.2) is 0 Å². The van der Waals surface area contributed by atoms with E-state index >= 15 is 0 Å². The van der Waals surface area contributed by atoms with Gasteiger partial charge in [0.1, 0.15) is 0 Å². The summed E-state index contributed by atoms with van der Waals surface area (Å²) in [6, 6.07) is 0. The zero-order chi connectivity index (χ0) is 17.8. The number of nitrogens with one attached hydrogen (secondary N) is 2.